The van der Waals surface area contributed by atoms with Crippen LogP contribution in [0.2, 0.25) is 0 Å². The number of tetrazole rings is 1. The lowest BCUT2D eigenvalue weighted by Gasteiger charge is -2.34. The van der Waals surface area contributed by atoms with Gasteiger partial charge in [0.2, 0.25) is 0 Å². The van der Waals surface area contributed by atoms with Gasteiger partial charge in [-0.15, -0.1) is 5.10 Å². The van der Waals surface area contributed by atoms with Gasteiger partial charge in [-0.2, -0.15) is 0 Å². The fourth-order valence-electron chi connectivity index (χ4n) is 2.78. The lowest BCUT2D eigenvalue weighted by molar-refractivity contribution is 0.188. The predicted molar refractivity (Wildman–Crippen MR) is 64.4 cm³/mol. The number of nitrogens with zero attached hydrogens (tertiary/aromatic N) is 4. The summed E-state index contributed by atoms with van der Waals surface area (Å²) in [5.74, 6) is 1.00. The first kappa shape index (κ1) is 11.1. The third-order valence-corrected chi connectivity index (χ3v) is 4.10. The van der Waals surface area contributed by atoms with E-state index >= 15 is 0 Å². The summed E-state index contributed by atoms with van der Waals surface area (Å²) in [6.45, 7) is 3.11. The van der Waals surface area contributed by atoms with E-state index in [0.29, 0.717) is 6.04 Å². The highest BCUT2D eigenvalue weighted by atomic mass is 15.6. The predicted octanol–water partition coefficient (Wildman–Crippen LogP) is 1.60. The van der Waals surface area contributed by atoms with Gasteiger partial charge in [-0.1, -0.05) is 19.3 Å². The fraction of sp³-hybridized carbons (Fsp3) is 0.917. The first-order valence-electron chi connectivity index (χ1n) is 6.79. The van der Waals surface area contributed by atoms with Crippen LogP contribution in [0, 0.1) is 0 Å². The molecule has 1 N–H and O–H groups in total. The molecule has 5 nitrogen and oxygen atoms in total. The van der Waals surface area contributed by atoms with E-state index in [1.165, 1.54) is 44.9 Å². The lowest BCUT2D eigenvalue weighted by Crippen LogP contribution is -2.36. The van der Waals surface area contributed by atoms with Gasteiger partial charge in [0.15, 0.2) is 5.82 Å². The molecule has 0 unspecified atom stereocenters. The van der Waals surface area contributed by atoms with Crippen molar-refractivity contribution in [3.05, 3.63) is 5.82 Å². The molecular weight excluding hydrogens is 214 g/mol. The average molecular weight is 235 g/mol. The smallest absolute Gasteiger partial charge is 0.165 e. The zero-order valence-corrected chi connectivity index (χ0v) is 10.5. The van der Waals surface area contributed by atoms with Crippen LogP contribution >= 0.6 is 0 Å². The Labute approximate surface area is 102 Å². The van der Waals surface area contributed by atoms with E-state index in [1.54, 1.807) is 0 Å². The van der Waals surface area contributed by atoms with E-state index in [4.69, 9.17) is 0 Å². The summed E-state index contributed by atoms with van der Waals surface area (Å²) in [5.41, 5.74) is 0.141. The minimum Gasteiger partial charge on any atom is -0.307 e. The number of nitrogens with one attached hydrogen (secondary N) is 1. The second-order valence-electron chi connectivity index (χ2n) is 5.72. The monoisotopic (exact) mass is 235 g/mol. The van der Waals surface area contributed by atoms with Crippen molar-refractivity contribution in [2.24, 2.45) is 0 Å². The van der Waals surface area contributed by atoms with Crippen molar-refractivity contribution >= 4 is 0 Å². The summed E-state index contributed by atoms with van der Waals surface area (Å²) in [7, 11) is 0. The zero-order valence-electron chi connectivity index (χ0n) is 10.5. The average Bonchev–Trinajstić information content (AvgIpc) is 3.04. The standard InChI is InChI=1S/C12H21N5/c1-12(7-3-2-4-8-12)17-11(14-15-16-17)9-13-10-5-6-10/h10,13H,2-9H2,1H3. The van der Waals surface area contributed by atoms with Gasteiger partial charge in [-0.3, -0.25) is 0 Å². The summed E-state index contributed by atoms with van der Waals surface area (Å²) in [6.07, 6.45) is 8.96. The Balaban J connectivity index is 1.73. The third kappa shape index (κ3) is 2.34. The molecule has 1 heterocycles. The normalized spacial score (nSPS) is 23.8. The van der Waals surface area contributed by atoms with E-state index in [1.807, 2.05) is 0 Å². The van der Waals surface area contributed by atoms with Crippen molar-refractivity contribution in [1.29, 1.82) is 0 Å². The molecule has 2 aliphatic rings. The maximum Gasteiger partial charge on any atom is 0.165 e. The summed E-state index contributed by atoms with van der Waals surface area (Å²) >= 11 is 0. The highest BCUT2D eigenvalue weighted by Gasteiger charge is 2.32. The van der Waals surface area contributed by atoms with Crippen LogP contribution in [0.1, 0.15) is 57.7 Å². The molecule has 3 rings (SSSR count). The largest absolute Gasteiger partial charge is 0.307 e. The Morgan fingerprint density at radius 1 is 1.29 bits per heavy atom. The van der Waals surface area contributed by atoms with Crippen LogP contribution in [-0.2, 0) is 12.1 Å². The molecule has 0 saturated heterocycles. The van der Waals surface area contributed by atoms with Crippen molar-refractivity contribution in [2.75, 3.05) is 0 Å². The number of aromatic nitrogens is 4. The van der Waals surface area contributed by atoms with Crippen molar-refractivity contribution in [3.63, 3.8) is 0 Å². The van der Waals surface area contributed by atoms with Crippen LogP contribution in [0.15, 0.2) is 0 Å². The quantitative estimate of drug-likeness (QED) is 0.861. The zero-order chi connectivity index (χ0) is 11.7. The number of hydrogen-bond donors (Lipinski definition) is 1. The molecule has 0 radical (unpaired) electrons. The van der Waals surface area contributed by atoms with E-state index in [2.05, 4.69) is 32.4 Å². The Bertz CT molecular complexity index is 376. The fourth-order valence-corrected chi connectivity index (χ4v) is 2.78. The Kier molecular flexibility index (Phi) is 2.86. The number of hydrogen-bond acceptors (Lipinski definition) is 4. The highest BCUT2D eigenvalue weighted by molar-refractivity contribution is 4.94. The van der Waals surface area contributed by atoms with E-state index in [9.17, 15) is 0 Å². The molecule has 2 fully saturated rings. The highest BCUT2D eigenvalue weighted by Crippen LogP contribution is 2.34. The third-order valence-electron chi connectivity index (χ3n) is 4.10. The molecule has 0 spiro atoms. The number of rotatable bonds is 4. The van der Waals surface area contributed by atoms with Crippen LogP contribution in [0.4, 0.5) is 0 Å². The van der Waals surface area contributed by atoms with Crippen molar-refractivity contribution < 1.29 is 0 Å². The molecule has 94 valence electrons. The first-order valence-corrected chi connectivity index (χ1v) is 6.79. The van der Waals surface area contributed by atoms with Crippen LogP contribution in [-0.4, -0.2) is 26.2 Å². The molecule has 0 atom stereocenters. The van der Waals surface area contributed by atoms with Gasteiger partial charge in [0, 0.05) is 6.04 Å². The van der Waals surface area contributed by atoms with Gasteiger partial charge in [0.05, 0.1) is 12.1 Å². The summed E-state index contributed by atoms with van der Waals surface area (Å²) < 4.78 is 2.07. The Morgan fingerprint density at radius 3 is 2.76 bits per heavy atom. The molecule has 0 aromatic carbocycles. The molecule has 2 aliphatic carbocycles. The molecule has 0 bridgehead atoms. The molecule has 5 heteroatoms. The maximum absolute atomic E-state index is 4.23. The molecule has 0 amide bonds. The van der Waals surface area contributed by atoms with E-state index in [0.717, 1.165) is 12.4 Å². The minimum atomic E-state index is 0.141. The van der Waals surface area contributed by atoms with Gasteiger partial charge in [-0.25, -0.2) is 4.68 Å². The van der Waals surface area contributed by atoms with E-state index in [-0.39, 0.29) is 5.54 Å². The molecule has 2 saturated carbocycles. The van der Waals surface area contributed by atoms with Gasteiger partial charge in [0.1, 0.15) is 0 Å². The van der Waals surface area contributed by atoms with E-state index < -0.39 is 0 Å². The van der Waals surface area contributed by atoms with Gasteiger partial charge < -0.3 is 5.32 Å². The van der Waals surface area contributed by atoms with Crippen LogP contribution in [0.5, 0.6) is 0 Å². The Hall–Kier alpha value is -0.970. The second-order valence-corrected chi connectivity index (χ2v) is 5.72. The first-order chi connectivity index (χ1) is 8.28. The lowest BCUT2D eigenvalue weighted by atomic mass is 9.83. The second kappa shape index (κ2) is 4.37. The van der Waals surface area contributed by atoms with Crippen molar-refractivity contribution in [1.82, 2.24) is 25.5 Å². The maximum atomic E-state index is 4.23. The molecule has 1 aromatic rings. The summed E-state index contributed by atoms with van der Waals surface area (Å²) in [5, 5.41) is 15.8. The SMILES string of the molecule is CC1(n2nnnc2CNC2CC2)CCCCC1. The Morgan fingerprint density at radius 2 is 2.06 bits per heavy atom. The van der Waals surface area contributed by atoms with Crippen LogP contribution in [0.3, 0.4) is 0 Å². The summed E-state index contributed by atoms with van der Waals surface area (Å²) in [4.78, 5) is 0. The molecular formula is C12H21N5. The van der Waals surface area contributed by atoms with Gasteiger partial charge in [-0.05, 0) is 43.0 Å². The van der Waals surface area contributed by atoms with Crippen molar-refractivity contribution in [3.8, 4) is 0 Å². The topological polar surface area (TPSA) is 55.6 Å². The molecule has 0 aliphatic heterocycles. The molecule has 17 heavy (non-hydrogen) atoms. The van der Waals surface area contributed by atoms with Crippen LogP contribution in [0.25, 0.3) is 0 Å². The summed E-state index contributed by atoms with van der Waals surface area (Å²) in [6, 6.07) is 0.708. The van der Waals surface area contributed by atoms with Crippen molar-refractivity contribution in [2.45, 2.75) is 70.0 Å². The minimum absolute atomic E-state index is 0.141. The molecule has 1 aromatic heterocycles. The van der Waals surface area contributed by atoms with Gasteiger partial charge >= 0.3 is 0 Å². The van der Waals surface area contributed by atoms with Crippen LogP contribution < -0.4 is 5.32 Å². The van der Waals surface area contributed by atoms with Gasteiger partial charge in [0.25, 0.3) is 0 Å².